The van der Waals surface area contributed by atoms with Crippen LogP contribution in [0.2, 0.25) is 0 Å². The van der Waals surface area contributed by atoms with Gasteiger partial charge in [0.25, 0.3) is 0 Å². The second-order valence-corrected chi connectivity index (χ2v) is 4.59. The summed E-state index contributed by atoms with van der Waals surface area (Å²) in [6.07, 6.45) is -2.90. The van der Waals surface area contributed by atoms with Crippen molar-refractivity contribution >= 4 is 17.9 Å². The van der Waals surface area contributed by atoms with Crippen LogP contribution in [0, 0.1) is 0 Å². The minimum absolute atomic E-state index is 0.0638. The molecule has 0 amide bonds. The van der Waals surface area contributed by atoms with Crippen molar-refractivity contribution in [1.82, 2.24) is 0 Å². The molecule has 0 saturated carbocycles. The van der Waals surface area contributed by atoms with Crippen LogP contribution in [-0.4, -0.2) is 55.5 Å². The first-order valence-corrected chi connectivity index (χ1v) is 6.48. The van der Waals surface area contributed by atoms with E-state index >= 15 is 0 Å². The summed E-state index contributed by atoms with van der Waals surface area (Å²) in [7, 11) is 0. The molecule has 0 spiro atoms. The van der Waals surface area contributed by atoms with E-state index in [-0.39, 0.29) is 13.2 Å². The summed E-state index contributed by atoms with van der Waals surface area (Å²) < 4.78 is 20.5. The molecule has 0 aromatic heterocycles. The summed E-state index contributed by atoms with van der Waals surface area (Å²) in [6, 6.07) is -0.855. The van der Waals surface area contributed by atoms with E-state index in [1.807, 2.05) is 0 Å². The zero-order valence-corrected chi connectivity index (χ0v) is 12.4. The van der Waals surface area contributed by atoms with Crippen LogP contribution in [0.3, 0.4) is 0 Å². The smallest absolute Gasteiger partial charge is 0.303 e. The van der Waals surface area contributed by atoms with E-state index in [4.69, 9.17) is 24.5 Å². The Morgan fingerprint density at radius 2 is 1.73 bits per heavy atom. The fourth-order valence-electron chi connectivity index (χ4n) is 2.02. The zero-order valence-electron chi connectivity index (χ0n) is 12.4. The van der Waals surface area contributed by atoms with Crippen molar-refractivity contribution in [2.75, 3.05) is 13.2 Å². The second kappa shape index (κ2) is 8.20. The SMILES string of the molecule is CC(=O)OCC1OCC(N=[N+]=[N-])C(OC(C)=O)C1OC(C)=O. The Bertz CT molecular complexity index is 489. The molecule has 0 bridgehead atoms. The lowest BCUT2D eigenvalue weighted by Gasteiger charge is -2.39. The maximum atomic E-state index is 11.3. The molecule has 1 aliphatic rings. The van der Waals surface area contributed by atoms with Crippen molar-refractivity contribution in [3.63, 3.8) is 0 Å². The molecule has 1 aliphatic heterocycles. The first-order chi connectivity index (χ1) is 10.3. The third-order valence-electron chi connectivity index (χ3n) is 2.81. The summed E-state index contributed by atoms with van der Waals surface area (Å²) in [4.78, 5) is 36.1. The van der Waals surface area contributed by atoms with Gasteiger partial charge in [-0.25, -0.2) is 0 Å². The predicted molar refractivity (Wildman–Crippen MR) is 70.4 cm³/mol. The minimum Gasteiger partial charge on any atom is -0.463 e. The topological polar surface area (TPSA) is 137 Å². The number of nitrogens with zero attached hydrogens (tertiary/aromatic N) is 3. The van der Waals surface area contributed by atoms with Gasteiger partial charge in [0.05, 0.1) is 6.61 Å². The lowest BCUT2D eigenvalue weighted by atomic mass is 9.98. The molecule has 0 aromatic carbocycles. The van der Waals surface area contributed by atoms with Crippen LogP contribution >= 0.6 is 0 Å². The molecule has 0 aliphatic carbocycles. The maximum Gasteiger partial charge on any atom is 0.303 e. The monoisotopic (exact) mass is 315 g/mol. The van der Waals surface area contributed by atoms with Gasteiger partial charge in [-0.3, -0.25) is 14.4 Å². The van der Waals surface area contributed by atoms with Gasteiger partial charge >= 0.3 is 17.9 Å². The molecule has 4 unspecified atom stereocenters. The van der Waals surface area contributed by atoms with Crippen molar-refractivity contribution in [1.29, 1.82) is 0 Å². The first kappa shape index (κ1) is 17.7. The summed E-state index contributed by atoms with van der Waals surface area (Å²) in [5, 5.41) is 3.48. The largest absolute Gasteiger partial charge is 0.463 e. The Balaban J connectivity index is 2.99. The Labute approximate surface area is 126 Å². The average Bonchev–Trinajstić information content (AvgIpc) is 2.40. The quantitative estimate of drug-likeness (QED) is 0.236. The highest BCUT2D eigenvalue weighted by Gasteiger charge is 2.45. The molecule has 122 valence electrons. The minimum atomic E-state index is -1.05. The van der Waals surface area contributed by atoms with Gasteiger partial charge in [0.1, 0.15) is 18.8 Å². The van der Waals surface area contributed by atoms with E-state index in [1.165, 1.54) is 20.8 Å². The summed E-state index contributed by atoms with van der Waals surface area (Å²) in [5.41, 5.74) is 8.57. The van der Waals surface area contributed by atoms with Gasteiger partial charge in [-0.15, -0.1) is 0 Å². The van der Waals surface area contributed by atoms with Gasteiger partial charge in [0, 0.05) is 25.7 Å². The molecule has 4 atom stereocenters. The number of carbonyl (C=O) groups excluding carboxylic acids is 3. The molecule has 1 heterocycles. The fraction of sp³-hybridized carbons (Fsp3) is 0.750. The van der Waals surface area contributed by atoms with E-state index in [0.717, 1.165) is 0 Å². The van der Waals surface area contributed by atoms with Gasteiger partial charge in [0.2, 0.25) is 0 Å². The van der Waals surface area contributed by atoms with Crippen LogP contribution in [0.15, 0.2) is 5.11 Å². The standard InChI is InChI=1S/C12H17N3O7/c1-6(16)19-5-10-12(22-8(3)18)11(21-7(2)17)9(4-20-10)14-15-13/h9-12H,4-5H2,1-3H3. The highest BCUT2D eigenvalue weighted by molar-refractivity contribution is 5.67. The molecule has 10 nitrogen and oxygen atoms in total. The third kappa shape index (κ3) is 5.23. The van der Waals surface area contributed by atoms with Crippen LogP contribution in [0.5, 0.6) is 0 Å². The number of azide groups is 1. The van der Waals surface area contributed by atoms with E-state index in [0.29, 0.717) is 0 Å². The van der Waals surface area contributed by atoms with Gasteiger partial charge in [-0.1, -0.05) is 5.11 Å². The molecule has 0 radical (unpaired) electrons. The Hall–Kier alpha value is -2.32. The normalized spacial score (nSPS) is 27.2. The van der Waals surface area contributed by atoms with Gasteiger partial charge in [-0.2, -0.15) is 0 Å². The fourth-order valence-corrected chi connectivity index (χ4v) is 2.02. The summed E-state index contributed by atoms with van der Waals surface area (Å²) >= 11 is 0. The van der Waals surface area contributed by atoms with Crippen LogP contribution in [0.4, 0.5) is 0 Å². The molecule has 22 heavy (non-hydrogen) atoms. The number of esters is 3. The highest BCUT2D eigenvalue weighted by Crippen LogP contribution is 2.24. The van der Waals surface area contributed by atoms with Crippen LogP contribution in [0.1, 0.15) is 20.8 Å². The van der Waals surface area contributed by atoms with Crippen LogP contribution in [0.25, 0.3) is 10.4 Å². The molecule has 1 rings (SSSR count). The van der Waals surface area contributed by atoms with Crippen molar-refractivity contribution in [3.8, 4) is 0 Å². The van der Waals surface area contributed by atoms with Gasteiger partial charge in [-0.05, 0) is 5.53 Å². The highest BCUT2D eigenvalue weighted by atomic mass is 16.6. The maximum absolute atomic E-state index is 11.3. The molecular weight excluding hydrogens is 298 g/mol. The number of rotatable bonds is 5. The molecule has 1 saturated heterocycles. The number of ether oxygens (including phenoxy) is 4. The van der Waals surface area contributed by atoms with E-state index < -0.39 is 42.3 Å². The summed E-state index contributed by atoms with van der Waals surface area (Å²) in [6.45, 7) is 3.31. The molecular formula is C12H17N3O7. The zero-order chi connectivity index (χ0) is 16.7. The molecule has 0 N–H and O–H groups in total. The third-order valence-corrected chi connectivity index (χ3v) is 2.81. The Morgan fingerprint density at radius 3 is 2.23 bits per heavy atom. The Morgan fingerprint density at radius 1 is 1.14 bits per heavy atom. The van der Waals surface area contributed by atoms with E-state index in [2.05, 4.69) is 10.0 Å². The van der Waals surface area contributed by atoms with E-state index in [9.17, 15) is 14.4 Å². The predicted octanol–water partition coefficient (Wildman–Crippen LogP) is 0.491. The average molecular weight is 315 g/mol. The van der Waals surface area contributed by atoms with Crippen LogP contribution < -0.4 is 0 Å². The number of hydrogen-bond acceptors (Lipinski definition) is 8. The lowest BCUT2D eigenvalue weighted by Crippen LogP contribution is -2.57. The number of carbonyl (C=O) groups is 3. The van der Waals surface area contributed by atoms with Crippen molar-refractivity contribution in [3.05, 3.63) is 10.4 Å². The lowest BCUT2D eigenvalue weighted by molar-refractivity contribution is -0.204. The summed E-state index contributed by atoms with van der Waals surface area (Å²) in [5.74, 6) is -1.81. The molecule has 10 heteroatoms. The van der Waals surface area contributed by atoms with Crippen molar-refractivity contribution < 1.29 is 33.3 Å². The number of hydrogen-bond donors (Lipinski definition) is 0. The van der Waals surface area contributed by atoms with Gasteiger partial charge in [0.15, 0.2) is 12.2 Å². The molecule has 1 fully saturated rings. The van der Waals surface area contributed by atoms with Crippen LogP contribution in [-0.2, 0) is 33.3 Å². The first-order valence-electron chi connectivity index (χ1n) is 6.48. The van der Waals surface area contributed by atoms with Crippen molar-refractivity contribution in [2.24, 2.45) is 5.11 Å². The second-order valence-electron chi connectivity index (χ2n) is 4.59. The van der Waals surface area contributed by atoms with E-state index in [1.54, 1.807) is 0 Å². The van der Waals surface area contributed by atoms with Crippen molar-refractivity contribution in [2.45, 2.75) is 45.1 Å². The van der Waals surface area contributed by atoms with Gasteiger partial charge < -0.3 is 18.9 Å². The molecule has 0 aromatic rings. The Kier molecular flexibility index (Phi) is 6.61.